The van der Waals surface area contributed by atoms with Crippen LogP contribution in [0.3, 0.4) is 0 Å². The SMILES string of the molecule is CN(C)/C=N/c1ccc(Br)cc1C1=CCC(C)(C)CC1. The molecule has 0 aromatic heterocycles. The van der Waals surface area contributed by atoms with Crippen LogP contribution in [0.15, 0.2) is 33.7 Å². The van der Waals surface area contributed by atoms with Crippen LogP contribution in [0, 0.1) is 5.41 Å². The Balaban J connectivity index is 2.35. The Morgan fingerprint density at radius 1 is 1.30 bits per heavy atom. The molecule has 0 aliphatic heterocycles. The van der Waals surface area contributed by atoms with Crippen LogP contribution in [0.1, 0.15) is 38.7 Å². The summed E-state index contributed by atoms with van der Waals surface area (Å²) in [6.45, 7) is 4.68. The van der Waals surface area contributed by atoms with Crippen LogP contribution < -0.4 is 0 Å². The number of hydrogen-bond acceptors (Lipinski definition) is 1. The molecule has 0 spiro atoms. The third-order valence-corrected chi connectivity index (χ3v) is 4.20. The van der Waals surface area contributed by atoms with Gasteiger partial charge >= 0.3 is 0 Å². The van der Waals surface area contributed by atoms with E-state index in [1.807, 2.05) is 25.3 Å². The molecule has 0 radical (unpaired) electrons. The number of nitrogens with zero attached hydrogens (tertiary/aromatic N) is 2. The van der Waals surface area contributed by atoms with Gasteiger partial charge in [0, 0.05) is 24.1 Å². The summed E-state index contributed by atoms with van der Waals surface area (Å²) in [7, 11) is 3.98. The van der Waals surface area contributed by atoms with Crippen molar-refractivity contribution in [1.82, 2.24) is 4.90 Å². The van der Waals surface area contributed by atoms with Crippen LogP contribution in [-0.2, 0) is 0 Å². The Bertz CT molecular complexity index is 542. The normalized spacial score (nSPS) is 18.1. The minimum absolute atomic E-state index is 0.433. The van der Waals surface area contributed by atoms with Gasteiger partial charge in [-0.05, 0) is 48.4 Å². The summed E-state index contributed by atoms with van der Waals surface area (Å²) < 4.78 is 1.11. The highest BCUT2D eigenvalue weighted by atomic mass is 79.9. The molecule has 0 bridgehead atoms. The molecule has 20 heavy (non-hydrogen) atoms. The zero-order chi connectivity index (χ0) is 14.8. The molecule has 1 aliphatic rings. The topological polar surface area (TPSA) is 15.6 Å². The lowest BCUT2D eigenvalue weighted by molar-refractivity contribution is 0.335. The maximum Gasteiger partial charge on any atom is 0.0907 e. The molecule has 0 fully saturated rings. The fraction of sp³-hybridized carbons (Fsp3) is 0.471. The van der Waals surface area contributed by atoms with Crippen molar-refractivity contribution in [2.24, 2.45) is 10.4 Å². The standard InChI is InChI=1S/C17H23BrN2/c1-17(2)9-7-13(8-10-17)15-11-14(18)5-6-16(15)19-12-20(3)4/h5-7,11-12H,8-10H2,1-4H3/b19-12+. The van der Waals surface area contributed by atoms with E-state index in [9.17, 15) is 0 Å². The summed E-state index contributed by atoms with van der Waals surface area (Å²) in [5, 5.41) is 0. The third-order valence-electron chi connectivity index (χ3n) is 3.70. The Labute approximate surface area is 130 Å². The summed E-state index contributed by atoms with van der Waals surface area (Å²) in [5.41, 5.74) is 4.17. The van der Waals surface area contributed by atoms with E-state index in [-0.39, 0.29) is 0 Å². The molecule has 0 amide bonds. The van der Waals surface area contributed by atoms with E-state index >= 15 is 0 Å². The highest BCUT2D eigenvalue weighted by Gasteiger charge is 2.22. The number of hydrogen-bond donors (Lipinski definition) is 0. The van der Waals surface area contributed by atoms with E-state index in [1.165, 1.54) is 17.6 Å². The quantitative estimate of drug-likeness (QED) is 0.543. The second-order valence-electron chi connectivity index (χ2n) is 6.47. The molecule has 3 heteroatoms. The second kappa shape index (κ2) is 6.13. The molecule has 2 nitrogen and oxygen atoms in total. The Morgan fingerprint density at radius 2 is 2.05 bits per heavy atom. The van der Waals surface area contributed by atoms with Crippen LogP contribution >= 0.6 is 15.9 Å². The molecule has 108 valence electrons. The lowest BCUT2D eigenvalue weighted by Crippen LogP contribution is -2.14. The minimum Gasteiger partial charge on any atom is -0.369 e. The van der Waals surface area contributed by atoms with E-state index in [4.69, 9.17) is 0 Å². The van der Waals surface area contributed by atoms with Crippen molar-refractivity contribution in [2.75, 3.05) is 14.1 Å². The third kappa shape index (κ3) is 3.95. The maximum atomic E-state index is 4.60. The predicted octanol–water partition coefficient (Wildman–Crippen LogP) is 5.26. The molecule has 1 aromatic carbocycles. The van der Waals surface area contributed by atoms with Crippen molar-refractivity contribution in [1.29, 1.82) is 0 Å². The molecule has 0 heterocycles. The second-order valence-corrected chi connectivity index (χ2v) is 7.38. The molecule has 2 rings (SSSR count). The van der Waals surface area contributed by atoms with Crippen molar-refractivity contribution in [3.63, 3.8) is 0 Å². The van der Waals surface area contributed by atoms with E-state index in [2.05, 4.69) is 59.0 Å². The molecule has 1 aromatic rings. The van der Waals surface area contributed by atoms with Crippen molar-refractivity contribution in [2.45, 2.75) is 33.1 Å². The van der Waals surface area contributed by atoms with Crippen LogP contribution in [0.2, 0.25) is 0 Å². The first kappa shape index (κ1) is 15.3. The van der Waals surface area contributed by atoms with Gasteiger partial charge in [-0.15, -0.1) is 0 Å². The zero-order valence-electron chi connectivity index (χ0n) is 12.8. The van der Waals surface area contributed by atoms with E-state index in [0.29, 0.717) is 5.41 Å². The lowest BCUT2D eigenvalue weighted by atomic mass is 9.77. The highest BCUT2D eigenvalue weighted by molar-refractivity contribution is 9.10. The predicted molar refractivity (Wildman–Crippen MR) is 91.6 cm³/mol. The fourth-order valence-electron chi connectivity index (χ4n) is 2.38. The molecule has 0 N–H and O–H groups in total. The summed E-state index contributed by atoms with van der Waals surface area (Å²) in [6, 6.07) is 6.33. The van der Waals surface area contributed by atoms with E-state index in [0.717, 1.165) is 23.0 Å². The maximum absolute atomic E-state index is 4.60. The number of benzene rings is 1. The van der Waals surface area contributed by atoms with Gasteiger partial charge in [0.25, 0.3) is 0 Å². The van der Waals surface area contributed by atoms with Gasteiger partial charge in [0.1, 0.15) is 0 Å². The average molecular weight is 335 g/mol. The largest absolute Gasteiger partial charge is 0.369 e. The first-order chi connectivity index (χ1) is 9.37. The summed E-state index contributed by atoms with van der Waals surface area (Å²) >= 11 is 3.58. The van der Waals surface area contributed by atoms with Gasteiger partial charge in [-0.25, -0.2) is 4.99 Å². The van der Waals surface area contributed by atoms with Crippen LogP contribution in [-0.4, -0.2) is 25.3 Å². The number of rotatable bonds is 3. The minimum atomic E-state index is 0.433. The smallest absolute Gasteiger partial charge is 0.0907 e. The van der Waals surface area contributed by atoms with Gasteiger partial charge in [-0.2, -0.15) is 0 Å². The molecule has 0 saturated heterocycles. The van der Waals surface area contributed by atoms with Crippen LogP contribution in [0.25, 0.3) is 5.57 Å². The number of halogens is 1. The molecule has 0 unspecified atom stereocenters. The van der Waals surface area contributed by atoms with E-state index < -0.39 is 0 Å². The highest BCUT2D eigenvalue weighted by Crippen LogP contribution is 2.41. The van der Waals surface area contributed by atoms with Gasteiger partial charge in [-0.1, -0.05) is 35.9 Å². The molecule has 0 atom stereocenters. The number of allylic oxidation sites excluding steroid dienone is 2. The zero-order valence-corrected chi connectivity index (χ0v) is 14.4. The van der Waals surface area contributed by atoms with Crippen molar-refractivity contribution >= 4 is 33.5 Å². The van der Waals surface area contributed by atoms with Gasteiger partial charge in [-0.3, -0.25) is 0 Å². The monoisotopic (exact) mass is 334 g/mol. The number of aliphatic imine (C=N–C) groups is 1. The van der Waals surface area contributed by atoms with Gasteiger partial charge in [0.05, 0.1) is 12.0 Å². The van der Waals surface area contributed by atoms with E-state index in [1.54, 1.807) is 0 Å². The molecule has 1 aliphatic carbocycles. The van der Waals surface area contributed by atoms with Gasteiger partial charge in [0.15, 0.2) is 0 Å². The molecular weight excluding hydrogens is 312 g/mol. The van der Waals surface area contributed by atoms with Crippen molar-refractivity contribution < 1.29 is 0 Å². The van der Waals surface area contributed by atoms with Crippen molar-refractivity contribution in [3.8, 4) is 0 Å². The Kier molecular flexibility index (Phi) is 4.69. The molecular formula is C17H23BrN2. The fourth-order valence-corrected chi connectivity index (χ4v) is 2.74. The Hall–Kier alpha value is -1.09. The summed E-state index contributed by atoms with van der Waals surface area (Å²) in [4.78, 5) is 6.56. The van der Waals surface area contributed by atoms with Crippen LogP contribution in [0.5, 0.6) is 0 Å². The lowest BCUT2D eigenvalue weighted by Gasteiger charge is -2.29. The average Bonchev–Trinajstić information content (AvgIpc) is 2.37. The summed E-state index contributed by atoms with van der Waals surface area (Å²) in [6.07, 6.45) is 7.77. The Morgan fingerprint density at radius 3 is 2.65 bits per heavy atom. The van der Waals surface area contributed by atoms with Crippen molar-refractivity contribution in [3.05, 3.63) is 34.3 Å². The molecule has 0 saturated carbocycles. The van der Waals surface area contributed by atoms with Gasteiger partial charge < -0.3 is 4.90 Å². The first-order valence-corrected chi connectivity index (χ1v) is 7.86. The summed E-state index contributed by atoms with van der Waals surface area (Å²) in [5.74, 6) is 0. The first-order valence-electron chi connectivity index (χ1n) is 7.07. The van der Waals surface area contributed by atoms with Gasteiger partial charge in [0.2, 0.25) is 0 Å². The van der Waals surface area contributed by atoms with Crippen LogP contribution in [0.4, 0.5) is 5.69 Å².